The van der Waals surface area contributed by atoms with E-state index in [1.807, 2.05) is 13.8 Å². The first-order valence-corrected chi connectivity index (χ1v) is 4.67. The van der Waals surface area contributed by atoms with E-state index in [-0.39, 0.29) is 0 Å². The molecule has 0 atom stereocenters. The highest BCUT2D eigenvalue weighted by Gasteiger charge is 2.09. The Balaban J connectivity index is 2.70. The average molecular weight is 197 g/mol. The second-order valence-electron chi connectivity index (χ2n) is 2.73. The van der Waals surface area contributed by atoms with Gasteiger partial charge in [-0.2, -0.15) is 0 Å². The summed E-state index contributed by atoms with van der Waals surface area (Å²) in [6, 6.07) is 1.72. The van der Waals surface area contributed by atoms with Crippen LogP contribution in [-0.4, -0.2) is 24.1 Å². The molecule has 0 fully saturated rings. The molecule has 0 bridgehead atoms. The van der Waals surface area contributed by atoms with Crippen LogP contribution < -0.4 is 0 Å². The fourth-order valence-electron chi connectivity index (χ4n) is 1.14. The Hall–Kier alpha value is -1.13. The summed E-state index contributed by atoms with van der Waals surface area (Å²) in [7, 11) is 0. The van der Waals surface area contributed by atoms with Gasteiger partial charge in [0.15, 0.2) is 6.29 Å². The molecule has 1 aromatic heterocycles. The van der Waals surface area contributed by atoms with E-state index in [0.717, 1.165) is 6.29 Å². The Morgan fingerprint density at radius 3 is 2.50 bits per heavy atom. The molecule has 1 aromatic rings. The van der Waals surface area contributed by atoms with E-state index in [9.17, 15) is 4.79 Å². The highest BCUT2D eigenvalue weighted by Crippen LogP contribution is 2.12. The minimum Gasteiger partial charge on any atom is -0.335 e. The standard InChI is InChI=1S/C10H15NO3/c1-3-13-10(14-4-2)11-6-5-9(7-11)8-12/h5-8,10H,3-4H2,1-2H3. The second kappa shape index (κ2) is 5.57. The fourth-order valence-corrected chi connectivity index (χ4v) is 1.14. The van der Waals surface area contributed by atoms with Gasteiger partial charge in [0.1, 0.15) is 0 Å². The van der Waals surface area contributed by atoms with Crippen LogP contribution in [0.1, 0.15) is 30.6 Å². The van der Waals surface area contributed by atoms with Crippen LogP contribution in [0.5, 0.6) is 0 Å². The van der Waals surface area contributed by atoms with Gasteiger partial charge in [0.05, 0.1) is 0 Å². The van der Waals surface area contributed by atoms with Gasteiger partial charge in [0.2, 0.25) is 6.41 Å². The zero-order valence-corrected chi connectivity index (χ0v) is 8.47. The van der Waals surface area contributed by atoms with E-state index in [4.69, 9.17) is 9.47 Å². The van der Waals surface area contributed by atoms with Crippen LogP contribution in [0.4, 0.5) is 0 Å². The van der Waals surface area contributed by atoms with Crippen molar-refractivity contribution < 1.29 is 14.3 Å². The van der Waals surface area contributed by atoms with Crippen LogP contribution in [0, 0.1) is 0 Å². The van der Waals surface area contributed by atoms with E-state index in [2.05, 4.69) is 0 Å². The third kappa shape index (κ3) is 2.68. The van der Waals surface area contributed by atoms with Gasteiger partial charge in [0.25, 0.3) is 0 Å². The van der Waals surface area contributed by atoms with E-state index < -0.39 is 6.41 Å². The molecule has 0 N–H and O–H groups in total. The molecule has 0 aliphatic heterocycles. The van der Waals surface area contributed by atoms with Crippen LogP contribution >= 0.6 is 0 Å². The van der Waals surface area contributed by atoms with Crippen LogP contribution in [0.3, 0.4) is 0 Å². The van der Waals surface area contributed by atoms with Crippen molar-refractivity contribution in [2.24, 2.45) is 0 Å². The Morgan fingerprint density at radius 2 is 2.07 bits per heavy atom. The first-order valence-electron chi connectivity index (χ1n) is 4.67. The van der Waals surface area contributed by atoms with Crippen molar-refractivity contribution in [2.75, 3.05) is 13.2 Å². The van der Waals surface area contributed by atoms with Gasteiger partial charge >= 0.3 is 0 Å². The summed E-state index contributed by atoms with van der Waals surface area (Å²) in [6.07, 6.45) is 3.83. The summed E-state index contributed by atoms with van der Waals surface area (Å²) < 4.78 is 12.4. The third-order valence-corrected chi connectivity index (χ3v) is 1.74. The maximum absolute atomic E-state index is 10.5. The average Bonchev–Trinajstić information content (AvgIpc) is 2.65. The second-order valence-corrected chi connectivity index (χ2v) is 2.73. The Labute approximate surface area is 83.4 Å². The predicted molar refractivity (Wildman–Crippen MR) is 52.1 cm³/mol. The number of rotatable bonds is 6. The first kappa shape index (κ1) is 10.9. The van der Waals surface area contributed by atoms with Gasteiger partial charge in [0, 0.05) is 31.2 Å². The van der Waals surface area contributed by atoms with Crippen LogP contribution in [0.25, 0.3) is 0 Å². The topological polar surface area (TPSA) is 40.5 Å². The van der Waals surface area contributed by atoms with E-state index >= 15 is 0 Å². The number of hydrogen-bond acceptors (Lipinski definition) is 3. The van der Waals surface area contributed by atoms with Crippen LogP contribution in [0.15, 0.2) is 18.5 Å². The predicted octanol–water partition coefficient (Wildman–Crippen LogP) is 1.83. The largest absolute Gasteiger partial charge is 0.335 e. The Bertz CT molecular complexity index is 277. The smallest absolute Gasteiger partial charge is 0.243 e. The maximum atomic E-state index is 10.5. The molecule has 4 heteroatoms. The molecule has 0 aliphatic rings. The lowest BCUT2D eigenvalue weighted by Gasteiger charge is -2.17. The number of carbonyl (C=O) groups excluding carboxylic acids is 1. The Kier molecular flexibility index (Phi) is 4.35. The van der Waals surface area contributed by atoms with Crippen molar-refractivity contribution in [2.45, 2.75) is 20.3 Å². The number of ether oxygens (including phenoxy) is 2. The molecule has 0 saturated heterocycles. The van der Waals surface area contributed by atoms with Crippen LogP contribution in [0.2, 0.25) is 0 Å². The van der Waals surface area contributed by atoms with Gasteiger partial charge < -0.3 is 14.0 Å². The highest BCUT2D eigenvalue weighted by atomic mass is 16.7. The molecular formula is C10H15NO3. The minimum absolute atomic E-state index is 0.432. The summed E-state index contributed by atoms with van der Waals surface area (Å²) in [5.74, 6) is 0. The van der Waals surface area contributed by atoms with Crippen LogP contribution in [-0.2, 0) is 9.47 Å². The minimum atomic E-state index is -0.432. The molecule has 0 amide bonds. The molecule has 0 unspecified atom stereocenters. The maximum Gasteiger partial charge on any atom is 0.243 e. The molecule has 14 heavy (non-hydrogen) atoms. The summed E-state index contributed by atoms with van der Waals surface area (Å²) in [6.45, 7) is 4.94. The number of aromatic nitrogens is 1. The van der Waals surface area contributed by atoms with E-state index in [1.54, 1.807) is 23.0 Å². The lowest BCUT2D eigenvalue weighted by atomic mass is 10.4. The zero-order valence-electron chi connectivity index (χ0n) is 8.47. The molecule has 1 rings (SSSR count). The van der Waals surface area contributed by atoms with Gasteiger partial charge in [-0.15, -0.1) is 0 Å². The molecule has 1 heterocycles. The summed E-state index contributed by atoms with van der Waals surface area (Å²) in [5, 5.41) is 0. The van der Waals surface area contributed by atoms with Crippen molar-refractivity contribution in [3.05, 3.63) is 24.0 Å². The number of hydrogen-bond donors (Lipinski definition) is 0. The lowest BCUT2D eigenvalue weighted by molar-refractivity contribution is -0.185. The highest BCUT2D eigenvalue weighted by molar-refractivity contribution is 5.74. The van der Waals surface area contributed by atoms with E-state index in [0.29, 0.717) is 18.8 Å². The number of nitrogens with zero attached hydrogens (tertiary/aromatic N) is 1. The van der Waals surface area contributed by atoms with Gasteiger partial charge in [-0.05, 0) is 19.9 Å². The van der Waals surface area contributed by atoms with Crippen molar-refractivity contribution in [1.29, 1.82) is 0 Å². The molecule has 0 saturated carbocycles. The van der Waals surface area contributed by atoms with Gasteiger partial charge in [-0.25, -0.2) is 0 Å². The SMILES string of the molecule is CCOC(OCC)n1ccc(C=O)c1. The molecular weight excluding hydrogens is 182 g/mol. The molecule has 0 spiro atoms. The zero-order chi connectivity index (χ0) is 10.4. The molecule has 0 radical (unpaired) electrons. The molecule has 4 nitrogen and oxygen atoms in total. The monoisotopic (exact) mass is 197 g/mol. The van der Waals surface area contributed by atoms with E-state index in [1.165, 1.54) is 0 Å². The lowest BCUT2D eigenvalue weighted by Crippen LogP contribution is -2.15. The summed E-state index contributed by atoms with van der Waals surface area (Å²) >= 11 is 0. The quantitative estimate of drug-likeness (QED) is 0.516. The van der Waals surface area contributed by atoms with Gasteiger partial charge in [-0.3, -0.25) is 4.79 Å². The van der Waals surface area contributed by atoms with Crippen molar-refractivity contribution in [3.63, 3.8) is 0 Å². The van der Waals surface area contributed by atoms with Crippen molar-refractivity contribution in [1.82, 2.24) is 4.57 Å². The summed E-state index contributed by atoms with van der Waals surface area (Å²) in [4.78, 5) is 10.5. The first-order chi connectivity index (χ1) is 6.81. The fraction of sp³-hybridized carbons (Fsp3) is 0.500. The van der Waals surface area contributed by atoms with Gasteiger partial charge in [-0.1, -0.05) is 0 Å². The molecule has 78 valence electrons. The third-order valence-electron chi connectivity index (χ3n) is 1.74. The number of carbonyl (C=O) groups is 1. The van der Waals surface area contributed by atoms with Crippen molar-refractivity contribution >= 4 is 6.29 Å². The Morgan fingerprint density at radius 1 is 1.43 bits per heavy atom. The molecule has 0 aromatic carbocycles. The van der Waals surface area contributed by atoms with Crippen molar-refractivity contribution in [3.8, 4) is 0 Å². The molecule has 0 aliphatic carbocycles. The number of aldehydes is 1. The normalized spacial score (nSPS) is 10.8. The summed E-state index contributed by atoms with van der Waals surface area (Å²) in [5.41, 5.74) is 0.620.